The molecule has 1 rings (SSSR count). The topological polar surface area (TPSA) is 63.2 Å². The fraction of sp³-hybridized carbons (Fsp3) is 0.794. The lowest BCUT2D eigenvalue weighted by molar-refractivity contribution is -0.156. The van der Waals surface area contributed by atoms with Crippen LogP contribution in [0.1, 0.15) is 93.1 Å². The van der Waals surface area contributed by atoms with Crippen molar-refractivity contribution in [3.63, 3.8) is 0 Å². The molecule has 0 amide bonds. The first kappa shape index (κ1) is 37.8. The van der Waals surface area contributed by atoms with Gasteiger partial charge in [-0.25, -0.2) is 0 Å². The maximum atomic E-state index is 12.4. The zero-order chi connectivity index (χ0) is 31.2. The summed E-state index contributed by atoms with van der Waals surface area (Å²) in [5, 5.41) is 0.169. The van der Waals surface area contributed by atoms with Crippen molar-refractivity contribution in [1.29, 1.82) is 0 Å². The minimum atomic E-state index is -1.87. The summed E-state index contributed by atoms with van der Waals surface area (Å²) < 4.78 is 30.8. The Morgan fingerprint density at radius 3 is 2.05 bits per heavy atom. The molecule has 238 valence electrons. The van der Waals surface area contributed by atoms with E-state index in [0.717, 1.165) is 31.2 Å². The van der Waals surface area contributed by atoms with Crippen LogP contribution >= 0.6 is 0 Å². The van der Waals surface area contributed by atoms with Gasteiger partial charge in [0.05, 0.1) is 25.4 Å². The lowest BCUT2D eigenvalue weighted by Crippen LogP contribution is -2.45. The summed E-state index contributed by atoms with van der Waals surface area (Å²) in [5.41, 5.74) is 1.15. The number of esters is 1. The molecule has 41 heavy (non-hydrogen) atoms. The van der Waals surface area contributed by atoms with Gasteiger partial charge < -0.3 is 23.4 Å². The largest absolute Gasteiger partial charge is 0.462 e. The fourth-order valence-electron chi connectivity index (χ4n) is 5.21. The molecule has 0 fully saturated rings. The minimum absolute atomic E-state index is 0.0179. The highest BCUT2D eigenvalue weighted by atomic mass is 28.4. The summed E-state index contributed by atoms with van der Waals surface area (Å²) in [5.74, 6) is 0.280. The number of ether oxygens (including phenoxy) is 4. The van der Waals surface area contributed by atoms with E-state index in [2.05, 4.69) is 73.7 Å². The molecule has 0 bridgehead atoms. The molecular weight excluding hydrogens is 532 g/mol. The Bertz CT molecular complexity index is 839. The van der Waals surface area contributed by atoms with E-state index in [-0.39, 0.29) is 47.3 Å². The molecule has 1 aromatic carbocycles. The highest BCUT2D eigenvalue weighted by molar-refractivity contribution is 6.74. The van der Waals surface area contributed by atoms with Gasteiger partial charge in [-0.3, -0.25) is 4.79 Å². The summed E-state index contributed by atoms with van der Waals surface area (Å²) in [6.07, 6.45) is 3.73. The van der Waals surface area contributed by atoms with Crippen LogP contribution in [0.2, 0.25) is 18.1 Å². The normalized spacial score (nSPS) is 17.8. The third-order valence-electron chi connectivity index (χ3n) is 9.06. The van der Waals surface area contributed by atoms with E-state index in [0.29, 0.717) is 25.6 Å². The number of hydrogen-bond acceptors (Lipinski definition) is 6. The van der Waals surface area contributed by atoms with E-state index in [1.807, 2.05) is 25.1 Å². The second kappa shape index (κ2) is 18.4. The van der Waals surface area contributed by atoms with E-state index in [1.165, 1.54) is 0 Å². The van der Waals surface area contributed by atoms with Crippen LogP contribution < -0.4 is 0 Å². The standard InChI is InChI=1S/C34H62O6Si/c1-13-29(40-41(11,12)34(6,7)8)22-31(36-9)25(3)20-21-30(39-32(35)14-2)27(5)33(37-10)26(4)23-38-24-28-18-16-15-17-19-28/h15-19,25-27,29-31,33H,13-14,20-24H2,1-12H3/t25-,26+,27-,29+,30+,31-,33+/m0/s1. The van der Waals surface area contributed by atoms with Gasteiger partial charge in [0.25, 0.3) is 0 Å². The molecule has 7 atom stereocenters. The van der Waals surface area contributed by atoms with Crippen molar-refractivity contribution in [2.24, 2.45) is 17.8 Å². The molecule has 1 aromatic rings. The van der Waals surface area contributed by atoms with Crippen LogP contribution in [0.15, 0.2) is 30.3 Å². The molecule has 0 spiro atoms. The first-order valence-electron chi connectivity index (χ1n) is 15.7. The molecular formula is C34H62O6Si. The average molecular weight is 595 g/mol. The van der Waals surface area contributed by atoms with Gasteiger partial charge in [-0.15, -0.1) is 0 Å². The highest BCUT2D eigenvalue weighted by Crippen LogP contribution is 2.38. The number of carbonyl (C=O) groups is 1. The van der Waals surface area contributed by atoms with Crippen LogP contribution in [0.25, 0.3) is 0 Å². The van der Waals surface area contributed by atoms with Gasteiger partial charge in [0.2, 0.25) is 0 Å². The van der Waals surface area contributed by atoms with Crippen molar-refractivity contribution < 1.29 is 28.2 Å². The average Bonchev–Trinajstić information content (AvgIpc) is 2.92. The minimum Gasteiger partial charge on any atom is -0.462 e. The molecule has 0 heterocycles. The van der Waals surface area contributed by atoms with Gasteiger partial charge >= 0.3 is 5.97 Å². The maximum Gasteiger partial charge on any atom is 0.305 e. The van der Waals surface area contributed by atoms with Gasteiger partial charge in [0.1, 0.15) is 6.10 Å². The first-order chi connectivity index (χ1) is 19.2. The van der Waals surface area contributed by atoms with E-state index in [1.54, 1.807) is 14.2 Å². The molecule has 0 N–H and O–H groups in total. The van der Waals surface area contributed by atoms with Gasteiger partial charge in [-0.05, 0) is 55.3 Å². The van der Waals surface area contributed by atoms with Crippen molar-refractivity contribution in [2.45, 2.75) is 137 Å². The molecule has 7 heteroatoms. The Balaban J connectivity index is 2.86. The van der Waals surface area contributed by atoms with E-state index < -0.39 is 8.32 Å². The summed E-state index contributed by atoms with van der Waals surface area (Å²) in [6.45, 7) is 23.2. The molecule has 0 unspecified atom stereocenters. The zero-order valence-corrected chi connectivity index (χ0v) is 29.3. The predicted octanol–water partition coefficient (Wildman–Crippen LogP) is 8.43. The molecule has 0 aromatic heterocycles. The predicted molar refractivity (Wildman–Crippen MR) is 172 cm³/mol. The smallest absolute Gasteiger partial charge is 0.305 e. The van der Waals surface area contributed by atoms with Crippen molar-refractivity contribution in [2.75, 3.05) is 20.8 Å². The Morgan fingerprint density at radius 1 is 0.902 bits per heavy atom. The number of carbonyl (C=O) groups excluding carboxylic acids is 1. The first-order valence-corrected chi connectivity index (χ1v) is 18.7. The zero-order valence-electron chi connectivity index (χ0n) is 28.3. The van der Waals surface area contributed by atoms with E-state index in [9.17, 15) is 4.79 Å². The number of rotatable bonds is 20. The van der Waals surface area contributed by atoms with Crippen LogP contribution in [0.5, 0.6) is 0 Å². The van der Waals surface area contributed by atoms with Crippen molar-refractivity contribution in [1.82, 2.24) is 0 Å². The summed E-state index contributed by atoms with van der Waals surface area (Å²) in [7, 11) is 1.67. The van der Waals surface area contributed by atoms with Gasteiger partial charge in [0, 0.05) is 38.6 Å². The van der Waals surface area contributed by atoms with Gasteiger partial charge in [-0.2, -0.15) is 0 Å². The second-order valence-electron chi connectivity index (χ2n) is 13.4. The Kier molecular flexibility index (Phi) is 17.0. The number of benzene rings is 1. The summed E-state index contributed by atoms with van der Waals surface area (Å²) in [4.78, 5) is 12.4. The molecule has 0 saturated heterocycles. The molecule has 0 radical (unpaired) electrons. The third kappa shape index (κ3) is 12.9. The number of methoxy groups -OCH3 is 2. The Labute approximate surface area is 253 Å². The Hall–Kier alpha value is -1.25. The number of hydrogen-bond donors (Lipinski definition) is 0. The van der Waals surface area contributed by atoms with Crippen LogP contribution in [0, 0.1) is 17.8 Å². The summed E-state index contributed by atoms with van der Waals surface area (Å²) >= 11 is 0. The highest BCUT2D eigenvalue weighted by Gasteiger charge is 2.39. The third-order valence-corrected chi connectivity index (χ3v) is 13.6. The van der Waals surface area contributed by atoms with Crippen molar-refractivity contribution >= 4 is 14.3 Å². The quantitative estimate of drug-likeness (QED) is 0.112. The van der Waals surface area contributed by atoms with Crippen LogP contribution in [-0.2, 0) is 34.8 Å². The Morgan fingerprint density at radius 2 is 1.54 bits per heavy atom. The molecule has 0 aliphatic rings. The van der Waals surface area contributed by atoms with Crippen molar-refractivity contribution in [3.8, 4) is 0 Å². The van der Waals surface area contributed by atoms with E-state index in [4.69, 9.17) is 23.4 Å². The van der Waals surface area contributed by atoms with Crippen LogP contribution in [-0.4, -0.2) is 59.5 Å². The monoisotopic (exact) mass is 594 g/mol. The van der Waals surface area contributed by atoms with Gasteiger partial charge in [-0.1, -0.05) is 85.7 Å². The SMILES string of the molecule is CCC(=O)O[C@H](CC[C@H](C)[C@H](C[C@@H](CC)O[Si](C)(C)C(C)(C)C)OC)[C@H](C)[C@H](OC)[C@H](C)COCc1ccccc1. The summed E-state index contributed by atoms with van der Waals surface area (Å²) in [6, 6.07) is 10.2. The van der Waals surface area contributed by atoms with Gasteiger partial charge in [0.15, 0.2) is 8.32 Å². The molecule has 6 nitrogen and oxygen atoms in total. The van der Waals surface area contributed by atoms with Crippen molar-refractivity contribution in [3.05, 3.63) is 35.9 Å². The molecule has 0 aliphatic heterocycles. The second-order valence-corrected chi connectivity index (χ2v) is 18.1. The lowest BCUT2D eigenvalue weighted by Gasteiger charge is -2.40. The van der Waals surface area contributed by atoms with Crippen LogP contribution in [0.4, 0.5) is 0 Å². The van der Waals surface area contributed by atoms with Crippen LogP contribution in [0.3, 0.4) is 0 Å². The fourth-order valence-corrected chi connectivity index (χ4v) is 6.66. The maximum absolute atomic E-state index is 12.4. The lowest BCUT2D eigenvalue weighted by atomic mass is 9.85. The molecule has 0 saturated carbocycles. The molecule has 0 aliphatic carbocycles. The van der Waals surface area contributed by atoms with E-state index >= 15 is 0 Å².